The molecule has 0 atom stereocenters. The standard InChI is InChI=1S/C18H16FN3O/c1-11(2)22-10-18(23)21-16-4-3-13(8-17(16)22)14-5-12(9-20)6-15(19)7-14/h3-8,11H,10H2,1-2H3,(H,21,23). The van der Waals surface area contributed by atoms with Crippen molar-refractivity contribution in [3.8, 4) is 17.2 Å². The minimum absolute atomic E-state index is 0.0449. The van der Waals surface area contributed by atoms with E-state index >= 15 is 0 Å². The predicted molar refractivity (Wildman–Crippen MR) is 87.7 cm³/mol. The Morgan fingerprint density at radius 2 is 2.00 bits per heavy atom. The van der Waals surface area contributed by atoms with Crippen LogP contribution in [0, 0.1) is 17.1 Å². The number of amides is 1. The zero-order valence-corrected chi connectivity index (χ0v) is 12.9. The Balaban J connectivity index is 2.10. The Hall–Kier alpha value is -2.87. The van der Waals surface area contributed by atoms with Gasteiger partial charge in [-0.2, -0.15) is 5.26 Å². The SMILES string of the molecule is CC(C)N1CC(=O)Nc2ccc(-c3cc(F)cc(C#N)c3)cc21. The van der Waals surface area contributed by atoms with Gasteiger partial charge in [-0.25, -0.2) is 4.39 Å². The van der Waals surface area contributed by atoms with E-state index in [1.54, 1.807) is 6.07 Å². The monoisotopic (exact) mass is 309 g/mol. The molecule has 4 nitrogen and oxygen atoms in total. The molecule has 0 aromatic heterocycles. The minimum Gasteiger partial charge on any atom is -0.358 e. The number of anilines is 2. The van der Waals surface area contributed by atoms with Gasteiger partial charge in [0.25, 0.3) is 0 Å². The number of fused-ring (bicyclic) bond motifs is 1. The van der Waals surface area contributed by atoms with Crippen LogP contribution < -0.4 is 10.2 Å². The van der Waals surface area contributed by atoms with Crippen molar-refractivity contribution in [1.29, 1.82) is 5.26 Å². The number of benzene rings is 2. The third-order valence-electron chi connectivity index (χ3n) is 3.88. The molecule has 0 saturated carbocycles. The normalized spacial score (nSPS) is 13.5. The maximum atomic E-state index is 13.7. The van der Waals surface area contributed by atoms with Crippen LogP contribution in [0.1, 0.15) is 19.4 Å². The second kappa shape index (κ2) is 5.73. The Morgan fingerprint density at radius 1 is 1.22 bits per heavy atom. The Bertz CT molecular complexity index is 824. The number of nitrogens with one attached hydrogen (secondary N) is 1. The zero-order chi connectivity index (χ0) is 16.6. The molecule has 116 valence electrons. The van der Waals surface area contributed by atoms with Crippen molar-refractivity contribution in [2.75, 3.05) is 16.8 Å². The molecule has 1 aliphatic heterocycles. The molecule has 1 heterocycles. The van der Waals surface area contributed by atoms with E-state index in [1.807, 2.05) is 43.0 Å². The average molecular weight is 309 g/mol. The maximum Gasteiger partial charge on any atom is 0.243 e. The fraction of sp³-hybridized carbons (Fsp3) is 0.222. The summed E-state index contributed by atoms with van der Waals surface area (Å²) in [4.78, 5) is 13.8. The lowest BCUT2D eigenvalue weighted by atomic mass is 10.0. The first-order valence-corrected chi connectivity index (χ1v) is 7.39. The Morgan fingerprint density at radius 3 is 2.70 bits per heavy atom. The van der Waals surface area contributed by atoms with Gasteiger partial charge in [0.1, 0.15) is 5.82 Å². The third kappa shape index (κ3) is 2.88. The molecule has 0 bridgehead atoms. The van der Waals surface area contributed by atoms with E-state index in [2.05, 4.69) is 5.32 Å². The zero-order valence-electron chi connectivity index (χ0n) is 12.9. The molecule has 0 saturated heterocycles. The number of nitrogens with zero attached hydrogens (tertiary/aromatic N) is 2. The van der Waals surface area contributed by atoms with E-state index in [-0.39, 0.29) is 17.5 Å². The second-order valence-electron chi connectivity index (χ2n) is 5.84. The number of halogens is 1. The summed E-state index contributed by atoms with van der Waals surface area (Å²) in [6, 6.07) is 12.0. The van der Waals surface area contributed by atoms with Crippen molar-refractivity contribution in [3.63, 3.8) is 0 Å². The molecule has 0 radical (unpaired) electrons. The molecule has 0 aliphatic carbocycles. The molecule has 1 amide bonds. The first kappa shape index (κ1) is 15.0. The summed E-state index contributed by atoms with van der Waals surface area (Å²) in [6.07, 6.45) is 0. The lowest BCUT2D eigenvalue weighted by Crippen LogP contribution is -2.42. The van der Waals surface area contributed by atoms with Crippen LogP contribution in [0.3, 0.4) is 0 Å². The number of carbonyl (C=O) groups excluding carboxylic acids is 1. The molecule has 0 fully saturated rings. The summed E-state index contributed by atoms with van der Waals surface area (Å²) in [5.41, 5.74) is 3.38. The van der Waals surface area contributed by atoms with Crippen molar-refractivity contribution < 1.29 is 9.18 Å². The fourth-order valence-electron chi connectivity index (χ4n) is 2.77. The molecule has 0 spiro atoms. The fourth-order valence-corrected chi connectivity index (χ4v) is 2.77. The van der Waals surface area contributed by atoms with E-state index in [4.69, 9.17) is 5.26 Å². The summed E-state index contributed by atoms with van der Waals surface area (Å²) >= 11 is 0. The Kier molecular flexibility index (Phi) is 3.75. The quantitative estimate of drug-likeness (QED) is 0.923. The van der Waals surface area contributed by atoms with Crippen LogP contribution in [0.15, 0.2) is 36.4 Å². The van der Waals surface area contributed by atoms with Gasteiger partial charge in [-0.3, -0.25) is 4.79 Å². The van der Waals surface area contributed by atoms with E-state index in [9.17, 15) is 9.18 Å². The van der Waals surface area contributed by atoms with E-state index in [0.29, 0.717) is 12.1 Å². The number of rotatable bonds is 2. The summed E-state index contributed by atoms with van der Waals surface area (Å²) in [6.45, 7) is 4.33. The molecule has 2 aromatic carbocycles. The van der Waals surface area contributed by atoms with Crippen LogP contribution >= 0.6 is 0 Å². The van der Waals surface area contributed by atoms with E-state index in [0.717, 1.165) is 16.9 Å². The van der Waals surface area contributed by atoms with Crippen LogP contribution in [0.25, 0.3) is 11.1 Å². The molecule has 3 rings (SSSR count). The average Bonchev–Trinajstić information content (AvgIpc) is 2.52. The number of nitriles is 1. The van der Waals surface area contributed by atoms with Crippen LogP contribution in [0.4, 0.5) is 15.8 Å². The smallest absolute Gasteiger partial charge is 0.243 e. The highest BCUT2D eigenvalue weighted by atomic mass is 19.1. The van der Waals surface area contributed by atoms with Crippen LogP contribution in [-0.2, 0) is 4.79 Å². The Labute approximate surface area is 134 Å². The number of carbonyl (C=O) groups is 1. The largest absolute Gasteiger partial charge is 0.358 e. The number of hydrogen-bond donors (Lipinski definition) is 1. The van der Waals surface area contributed by atoms with Crippen molar-refractivity contribution in [2.24, 2.45) is 0 Å². The van der Waals surface area contributed by atoms with Gasteiger partial charge >= 0.3 is 0 Å². The summed E-state index contributed by atoms with van der Waals surface area (Å²) in [7, 11) is 0. The summed E-state index contributed by atoms with van der Waals surface area (Å²) < 4.78 is 13.7. The number of hydrogen-bond acceptors (Lipinski definition) is 3. The second-order valence-corrected chi connectivity index (χ2v) is 5.84. The van der Waals surface area contributed by atoms with Crippen LogP contribution in [-0.4, -0.2) is 18.5 Å². The van der Waals surface area contributed by atoms with Crippen molar-refractivity contribution in [2.45, 2.75) is 19.9 Å². The minimum atomic E-state index is -0.439. The van der Waals surface area contributed by atoms with Crippen molar-refractivity contribution >= 4 is 17.3 Å². The molecular weight excluding hydrogens is 293 g/mol. The molecule has 1 N–H and O–H groups in total. The summed E-state index contributed by atoms with van der Waals surface area (Å²) in [5.74, 6) is -0.484. The maximum absolute atomic E-state index is 13.7. The molecular formula is C18H16FN3O. The van der Waals surface area contributed by atoms with Gasteiger partial charge < -0.3 is 10.2 Å². The van der Waals surface area contributed by atoms with Crippen molar-refractivity contribution in [3.05, 3.63) is 47.8 Å². The lowest BCUT2D eigenvalue weighted by Gasteiger charge is -2.34. The molecule has 5 heteroatoms. The van der Waals surface area contributed by atoms with Crippen LogP contribution in [0.2, 0.25) is 0 Å². The molecule has 2 aromatic rings. The van der Waals surface area contributed by atoms with E-state index < -0.39 is 5.82 Å². The van der Waals surface area contributed by atoms with Gasteiger partial charge in [-0.15, -0.1) is 0 Å². The van der Waals surface area contributed by atoms with Gasteiger partial charge in [0.15, 0.2) is 0 Å². The highest BCUT2D eigenvalue weighted by Gasteiger charge is 2.24. The molecule has 0 unspecified atom stereocenters. The topological polar surface area (TPSA) is 56.1 Å². The highest BCUT2D eigenvalue weighted by molar-refractivity contribution is 6.02. The van der Waals surface area contributed by atoms with Gasteiger partial charge in [0.05, 0.1) is 29.6 Å². The van der Waals surface area contributed by atoms with Gasteiger partial charge in [-0.05, 0) is 55.3 Å². The first-order valence-electron chi connectivity index (χ1n) is 7.39. The van der Waals surface area contributed by atoms with Crippen LogP contribution in [0.5, 0.6) is 0 Å². The molecule has 23 heavy (non-hydrogen) atoms. The summed E-state index contributed by atoms with van der Waals surface area (Å²) in [5, 5.41) is 11.8. The van der Waals surface area contributed by atoms with Gasteiger partial charge in [0, 0.05) is 6.04 Å². The van der Waals surface area contributed by atoms with E-state index in [1.165, 1.54) is 12.1 Å². The first-order chi connectivity index (χ1) is 11.0. The van der Waals surface area contributed by atoms with Gasteiger partial charge in [-0.1, -0.05) is 6.07 Å². The predicted octanol–water partition coefficient (Wildman–Crippen LogP) is 3.53. The molecule has 1 aliphatic rings. The van der Waals surface area contributed by atoms with Gasteiger partial charge in [0.2, 0.25) is 5.91 Å². The third-order valence-corrected chi connectivity index (χ3v) is 3.88. The lowest BCUT2D eigenvalue weighted by molar-refractivity contribution is -0.115. The van der Waals surface area contributed by atoms with Crippen molar-refractivity contribution in [1.82, 2.24) is 0 Å². The highest BCUT2D eigenvalue weighted by Crippen LogP contribution is 2.35.